The van der Waals surface area contributed by atoms with Gasteiger partial charge in [0.05, 0.1) is 5.69 Å². The van der Waals surface area contributed by atoms with E-state index in [-0.39, 0.29) is 0 Å². The van der Waals surface area contributed by atoms with E-state index in [0.29, 0.717) is 0 Å². The van der Waals surface area contributed by atoms with Crippen LogP contribution in [0.5, 0.6) is 0 Å². The number of hydrogen-bond acceptors (Lipinski definition) is 2. The topological polar surface area (TPSA) is 30.7 Å². The van der Waals surface area contributed by atoms with E-state index in [1.165, 1.54) is 0 Å². The zero-order chi connectivity index (χ0) is 9.26. The second-order valence-electron chi connectivity index (χ2n) is 3.03. The van der Waals surface area contributed by atoms with E-state index >= 15 is 0 Å². The summed E-state index contributed by atoms with van der Waals surface area (Å²) in [4.78, 5) is 8.86. The molecule has 0 fully saturated rings. The van der Waals surface area contributed by atoms with Crippen LogP contribution in [0.1, 0.15) is 19.5 Å². The molecule has 0 aliphatic heterocycles. The first kappa shape index (κ1) is 8.23. The zero-order valence-electron chi connectivity index (χ0n) is 7.99. The van der Waals surface area contributed by atoms with Crippen LogP contribution in [0, 0.1) is 0 Å². The molecule has 3 heteroatoms. The summed E-state index contributed by atoms with van der Waals surface area (Å²) in [6, 6.07) is 2.01. The molecule has 13 heavy (non-hydrogen) atoms. The molecular formula is C10H13N3. The molecule has 0 spiro atoms. The van der Waals surface area contributed by atoms with Gasteiger partial charge in [0.2, 0.25) is 0 Å². The number of aromatic nitrogens is 3. The minimum Gasteiger partial charge on any atom is -0.331 e. The van der Waals surface area contributed by atoms with Gasteiger partial charge in [-0.1, -0.05) is 6.92 Å². The highest BCUT2D eigenvalue weighted by molar-refractivity contribution is 5.71. The maximum Gasteiger partial charge on any atom is 0.158 e. The van der Waals surface area contributed by atoms with Gasteiger partial charge in [0.1, 0.15) is 5.52 Å². The number of nitrogens with zero attached hydrogens (tertiary/aromatic N) is 3. The molecule has 0 aliphatic rings. The molecule has 68 valence electrons. The first-order valence-corrected chi connectivity index (χ1v) is 4.66. The quantitative estimate of drug-likeness (QED) is 0.699. The molecule has 0 aliphatic carbocycles. The number of hydrogen-bond donors (Lipinski definition) is 0. The van der Waals surface area contributed by atoms with Gasteiger partial charge in [-0.2, -0.15) is 0 Å². The van der Waals surface area contributed by atoms with Gasteiger partial charge < -0.3 is 4.57 Å². The van der Waals surface area contributed by atoms with Crippen molar-refractivity contribution < 1.29 is 0 Å². The Labute approximate surface area is 77.4 Å². The van der Waals surface area contributed by atoms with E-state index in [9.17, 15) is 0 Å². The molecule has 0 amide bonds. The van der Waals surface area contributed by atoms with Crippen LogP contribution in [0.15, 0.2) is 18.5 Å². The molecule has 0 bridgehead atoms. The second kappa shape index (κ2) is 3.17. The molecule has 0 unspecified atom stereocenters. The summed E-state index contributed by atoms with van der Waals surface area (Å²) in [6.07, 6.45) is 4.82. The fraction of sp³-hybridized carbons (Fsp3) is 0.400. The van der Waals surface area contributed by atoms with Crippen LogP contribution in [0.3, 0.4) is 0 Å². The first-order valence-electron chi connectivity index (χ1n) is 4.66. The Balaban J connectivity index is 2.64. The average Bonchev–Trinajstić information content (AvgIpc) is 2.59. The average molecular weight is 175 g/mol. The van der Waals surface area contributed by atoms with E-state index < -0.39 is 0 Å². The van der Waals surface area contributed by atoms with Gasteiger partial charge in [-0.25, -0.2) is 4.98 Å². The summed E-state index contributed by atoms with van der Waals surface area (Å²) < 4.78 is 2.11. The lowest BCUT2D eigenvalue weighted by Crippen LogP contribution is -1.96. The van der Waals surface area contributed by atoms with Crippen LogP contribution in [-0.2, 0) is 13.0 Å². The number of aryl methyl sites for hydroxylation is 2. The predicted molar refractivity (Wildman–Crippen MR) is 52.6 cm³/mol. The van der Waals surface area contributed by atoms with E-state index in [0.717, 1.165) is 29.8 Å². The lowest BCUT2D eigenvalue weighted by Gasteiger charge is -2.00. The highest BCUT2D eigenvalue weighted by Gasteiger charge is 2.02. The lowest BCUT2D eigenvalue weighted by molar-refractivity contribution is 0.783. The second-order valence-corrected chi connectivity index (χ2v) is 3.03. The monoisotopic (exact) mass is 175 g/mol. The molecule has 0 saturated carbocycles. The van der Waals surface area contributed by atoms with Gasteiger partial charge in [0.25, 0.3) is 0 Å². The Kier molecular flexibility index (Phi) is 2.00. The third-order valence-corrected chi connectivity index (χ3v) is 2.22. The first-order chi connectivity index (χ1) is 6.35. The van der Waals surface area contributed by atoms with Gasteiger partial charge in [0.15, 0.2) is 5.65 Å². The van der Waals surface area contributed by atoms with E-state index in [1.54, 1.807) is 0 Å². The Morgan fingerprint density at radius 3 is 2.92 bits per heavy atom. The molecule has 0 saturated heterocycles. The molecule has 0 atom stereocenters. The molecule has 0 radical (unpaired) electrons. The molecule has 0 aromatic carbocycles. The largest absolute Gasteiger partial charge is 0.331 e. The smallest absolute Gasteiger partial charge is 0.158 e. The normalized spacial score (nSPS) is 10.9. The van der Waals surface area contributed by atoms with Crippen molar-refractivity contribution in [1.29, 1.82) is 0 Å². The Bertz CT molecular complexity index is 417. The van der Waals surface area contributed by atoms with Crippen molar-refractivity contribution >= 4 is 11.2 Å². The van der Waals surface area contributed by atoms with Crippen LogP contribution in [-0.4, -0.2) is 14.5 Å². The minimum atomic E-state index is 0.942. The highest BCUT2D eigenvalue weighted by atomic mass is 15.0. The van der Waals surface area contributed by atoms with Gasteiger partial charge >= 0.3 is 0 Å². The van der Waals surface area contributed by atoms with Crippen LogP contribution < -0.4 is 0 Å². The van der Waals surface area contributed by atoms with Gasteiger partial charge in [-0.05, 0) is 19.4 Å². The molecule has 2 heterocycles. The van der Waals surface area contributed by atoms with Crippen molar-refractivity contribution in [3.8, 4) is 0 Å². The van der Waals surface area contributed by atoms with Crippen LogP contribution in [0.2, 0.25) is 0 Å². The van der Waals surface area contributed by atoms with E-state index in [1.807, 2.05) is 18.5 Å². The fourth-order valence-corrected chi connectivity index (χ4v) is 1.41. The van der Waals surface area contributed by atoms with Crippen molar-refractivity contribution in [2.45, 2.75) is 26.8 Å². The van der Waals surface area contributed by atoms with Crippen molar-refractivity contribution in [3.05, 3.63) is 24.2 Å². The lowest BCUT2D eigenvalue weighted by atomic mass is 10.3. The van der Waals surface area contributed by atoms with Crippen molar-refractivity contribution in [2.24, 2.45) is 0 Å². The van der Waals surface area contributed by atoms with Crippen molar-refractivity contribution in [3.63, 3.8) is 0 Å². The predicted octanol–water partition coefficient (Wildman–Crippen LogP) is 2.01. The van der Waals surface area contributed by atoms with Crippen LogP contribution >= 0.6 is 0 Å². The molecule has 0 N–H and O–H groups in total. The summed E-state index contributed by atoms with van der Waals surface area (Å²) in [6.45, 7) is 5.15. The third kappa shape index (κ3) is 1.30. The van der Waals surface area contributed by atoms with Gasteiger partial charge in [-0.15, -0.1) is 0 Å². The Hall–Kier alpha value is -1.38. The summed E-state index contributed by atoms with van der Waals surface area (Å²) >= 11 is 0. The maximum absolute atomic E-state index is 4.52. The maximum atomic E-state index is 4.52. The number of fused-ring (bicyclic) bond motifs is 1. The molecular weight excluding hydrogens is 162 g/mol. The van der Waals surface area contributed by atoms with E-state index in [2.05, 4.69) is 28.4 Å². The molecule has 2 aromatic rings. The summed E-state index contributed by atoms with van der Waals surface area (Å²) in [5.41, 5.74) is 3.04. The van der Waals surface area contributed by atoms with Gasteiger partial charge in [-0.3, -0.25) is 4.98 Å². The summed E-state index contributed by atoms with van der Waals surface area (Å²) in [7, 11) is 0. The zero-order valence-corrected chi connectivity index (χ0v) is 7.99. The fourth-order valence-electron chi connectivity index (χ4n) is 1.41. The highest BCUT2D eigenvalue weighted by Crippen LogP contribution is 2.11. The third-order valence-electron chi connectivity index (χ3n) is 2.22. The minimum absolute atomic E-state index is 0.942. The van der Waals surface area contributed by atoms with Crippen LogP contribution in [0.4, 0.5) is 0 Å². The molecule has 2 rings (SSSR count). The summed E-state index contributed by atoms with van der Waals surface area (Å²) in [5, 5.41) is 0. The Morgan fingerprint density at radius 2 is 2.23 bits per heavy atom. The summed E-state index contributed by atoms with van der Waals surface area (Å²) in [5.74, 6) is 0. The standard InChI is InChI=1S/C10H13N3/c1-3-8-7-11-9-5-6-13(4-2)10(9)12-8/h5-7H,3-4H2,1-2H3. The van der Waals surface area contributed by atoms with Crippen molar-refractivity contribution in [2.75, 3.05) is 0 Å². The Morgan fingerprint density at radius 1 is 1.38 bits per heavy atom. The number of rotatable bonds is 2. The van der Waals surface area contributed by atoms with Crippen LogP contribution in [0.25, 0.3) is 11.2 Å². The molecule has 3 nitrogen and oxygen atoms in total. The SMILES string of the molecule is CCc1cnc2ccn(CC)c2n1. The van der Waals surface area contributed by atoms with E-state index in [4.69, 9.17) is 0 Å². The molecule has 2 aromatic heterocycles. The van der Waals surface area contributed by atoms with Crippen molar-refractivity contribution in [1.82, 2.24) is 14.5 Å². The van der Waals surface area contributed by atoms with Gasteiger partial charge in [0, 0.05) is 18.9 Å².